The van der Waals surface area contributed by atoms with Crippen LogP contribution in [0.2, 0.25) is 0 Å². The van der Waals surface area contributed by atoms with Gasteiger partial charge < -0.3 is 10.5 Å². The van der Waals surface area contributed by atoms with Gasteiger partial charge in [-0.3, -0.25) is 4.90 Å². The van der Waals surface area contributed by atoms with Crippen molar-refractivity contribution in [3.8, 4) is 0 Å². The Bertz CT molecular complexity index is 1280. The van der Waals surface area contributed by atoms with E-state index in [1.54, 1.807) is 36.4 Å². The molecule has 3 aromatic rings. The number of ether oxygens (including phenoxy) is 1. The summed E-state index contributed by atoms with van der Waals surface area (Å²) in [4.78, 5) is 1.99. The maximum absolute atomic E-state index is 13.2. The molecule has 1 fully saturated rings. The average Bonchev–Trinajstić information content (AvgIpc) is 3.18. The Morgan fingerprint density at radius 3 is 2.39 bits per heavy atom. The van der Waals surface area contributed by atoms with Gasteiger partial charge in [-0.05, 0) is 24.3 Å². The molecule has 2 aromatic carbocycles. The summed E-state index contributed by atoms with van der Waals surface area (Å²) in [5.41, 5.74) is 6.47. The zero-order valence-electron chi connectivity index (χ0n) is 16.8. The zero-order chi connectivity index (χ0) is 22.1. The number of hydrogen-bond acceptors (Lipinski definition) is 7. The van der Waals surface area contributed by atoms with Crippen molar-refractivity contribution in [2.24, 2.45) is 0 Å². The quantitative estimate of drug-likeness (QED) is 0.501. The van der Waals surface area contributed by atoms with Crippen molar-refractivity contribution >= 4 is 36.6 Å². The third-order valence-electron chi connectivity index (χ3n) is 5.21. The van der Waals surface area contributed by atoms with Gasteiger partial charge in [-0.25, -0.2) is 25.5 Å². The summed E-state index contributed by atoms with van der Waals surface area (Å²) in [6.45, 7) is 3.43. The number of anilines is 1. The summed E-state index contributed by atoms with van der Waals surface area (Å²) in [6, 6.07) is 12.5. The monoisotopic (exact) mass is 464 g/mol. The molecule has 1 aliphatic heterocycles. The lowest BCUT2D eigenvalue weighted by atomic mass is 10.2. The van der Waals surface area contributed by atoms with Crippen LogP contribution in [0.1, 0.15) is 0 Å². The number of nitrogens with two attached hydrogens (primary N) is 1. The Balaban J connectivity index is 1.71. The highest BCUT2D eigenvalue weighted by Crippen LogP contribution is 2.32. The second-order valence-corrected chi connectivity index (χ2v) is 10.8. The van der Waals surface area contributed by atoms with Crippen LogP contribution in [-0.2, 0) is 24.8 Å². The maximum atomic E-state index is 13.2. The summed E-state index contributed by atoms with van der Waals surface area (Å²) in [5, 5.41) is 0.181. The maximum Gasteiger partial charge on any atom is 0.268 e. The fourth-order valence-corrected chi connectivity index (χ4v) is 6.30. The van der Waals surface area contributed by atoms with Crippen molar-refractivity contribution in [3.05, 3.63) is 54.7 Å². The van der Waals surface area contributed by atoms with Gasteiger partial charge in [0.2, 0.25) is 10.0 Å². The van der Waals surface area contributed by atoms with Crippen LogP contribution in [0.4, 0.5) is 5.69 Å². The number of fused-ring (bicyclic) bond motifs is 1. The lowest BCUT2D eigenvalue weighted by molar-refractivity contribution is 0.0390. The normalized spacial score (nSPS) is 16.0. The Morgan fingerprint density at radius 1 is 0.968 bits per heavy atom. The van der Waals surface area contributed by atoms with Crippen molar-refractivity contribution in [2.45, 2.75) is 9.79 Å². The largest absolute Gasteiger partial charge is 0.398 e. The van der Waals surface area contributed by atoms with Gasteiger partial charge in [-0.1, -0.05) is 24.3 Å². The molecule has 11 heteroatoms. The highest BCUT2D eigenvalue weighted by atomic mass is 32.2. The van der Waals surface area contributed by atoms with Crippen molar-refractivity contribution in [3.63, 3.8) is 0 Å². The number of hydrogen-bond donors (Lipinski definition) is 2. The van der Waals surface area contributed by atoms with Crippen molar-refractivity contribution in [1.29, 1.82) is 0 Å². The number of nitrogens with one attached hydrogen (secondary N) is 1. The minimum Gasteiger partial charge on any atom is -0.398 e. The Morgan fingerprint density at radius 2 is 1.68 bits per heavy atom. The van der Waals surface area contributed by atoms with Crippen LogP contribution >= 0.6 is 0 Å². The second-order valence-electron chi connectivity index (χ2n) is 7.20. The van der Waals surface area contributed by atoms with Gasteiger partial charge >= 0.3 is 0 Å². The minimum atomic E-state index is -4.01. The number of aromatic nitrogens is 1. The Labute approximate surface area is 181 Å². The van der Waals surface area contributed by atoms with Gasteiger partial charge in [0, 0.05) is 43.4 Å². The standard InChI is InChI=1S/C20H24N4O5S2/c21-17-7-4-8-18-20(17)19(15-24(18)31(27,28)16-5-2-1-3-6-16)30(25,26)22-9-10-23-11-13-29-14-12-23/h1-8,15,22H,9-14,21H2. The van der Waals surface area contributed by atoms with Gasteiger partial charge in [-0.2, -0.15) is 0 Å². The van der Waals surface area contributed by atoms with Crippen LogP contribution in [0.3, 0.4) is 0 Å². The molecule has 2 heterocycles. The molecular weight excluding hydrogens is 440 g/mol. The Kier molecular flexibility index (Phi) is 6.04. The van der Waals surface area contributed by atoms with Crippen LogP contribution in [-0.4, -0.2) is 65.1 Å². The average molecular weight is 465 g/mol. The Hall–Kier alpha value is -2.44. The van der Waals surface area contributed by atoms with E-state index in [9.17, 15) is 16.8 Å². The number of benzene rings is 2. The molecule has 0 amide bonds. The molecule has 31 heavy (non-hydrogen) atoms. The number of nitrogen functional groups attached to an aromatic ring is 1. The third kappa shape index (κ3) is 4.32. The van der Waals surface area contributed by atoms with Crippen molar-refractivity contribution in [2.75, 3.05) is 45.1 Å². The predicted octanol–water partition coefficient (Wildman–Crippen LogP) is 1.07. The first kappa shape index (κ1) is 21.8. The molecule has 9 nitrogen and oxygen atoms in total. The van der Waals surface area contributed by atoms with E-state index >= 15 is 0 Å². The summed E-state index contributed by atoms with van der Waals surface area (Å²) in [7, 11) is -8.02. The zero-order valence-corrected chi connectivity index (χ0v) is 18.4. The summed E-state index contributed by atoms with van der Waals surface area (Å²) in [6.07, 6.45) is 1.13. The molecule has 3 N–H and O–H groups in total. The van der Waals surface area contributed by atoms with E-state index in [4.69, 9.17) is 10.5 Å². The molecule has 166 valence electrons. The van der Waals surface area contributed by atoms with Gasteiger partial charge in [0.15, 0.2) is 0 Å². The van der Waals surface area contributed by atoms with Crippen LogP contribution < -0.4 is 10.5 Å². The van der Waals surface area contributed by atoms with Crippen LogP contribution in [0, 0.1) is 0 Å². The van der Waals surface area contributed by atoms with Crippen LogP contribution in [0.15, 0.2) is 64.5 Å². The SMILES string of the molecule is Nc1cccc2c1c(S(=O)(=O)NCCN1CCOCC1)cn2S(=O)(=O)c1ccccc1. The number of nitrogens with zero attached hydrogens (tertiary/aromatic N) is 2. The van der Waals surface area contributed by atoms with E-state index in [1.165, 1.54) is 12.1 Å². The lowest BCUT2D eigenvalue weighted by Crippen LogP contribution is -2.41. The van der Waals surface area contributed by atoms with Crippen LogP contribution in [0.5, 0.6) is 0 Å². The molecule has 0 unspecified atom stereocenters. The fraction of sp³-hybridized carbons (Fsp3) is 0.300. The van der Waals surface area contributed by atoms with E-state index in [2.05, 4.69) is 9.62 Å². The first-order chi connectivity index (χ1) is 14.8. The molecule has 0 bridgehead atoms. The van der Waals surface area contributed by atoms with E-state index in [1.807, 2.05) is 0 Å². The highest BCUT2D eigenvalue weighted by Gasteiger charge is 2.28. The molecule has 1 saturated heterocycles. The van der Waals surface area contributed by atoms with Gasteiger partial charge in [0.05, 0.1) is 23.6 Å². The van der Waals surface area contributed by atoms with E-state index < -0.39 is 20.0 Å². The molecular formula is C20H24N4O5S2. The number of sulfonamides is 1. The smallest absolute Gasteiger partial charge is 0.268 e. The highest BCUT2D eigenvalue weighted by molar-refractivity contribution is 7.91. The lowest BCUT2D eigenvalue weighted by Gasteiger charge is -2.26. The molecule has 0 saturated carbocycles. The number of morpholine rings is 1. The summed E-state index contributed by atoms with van der Waals surface area (Å²) in [5.74, 6) is 0. The van der Waals surface area contributed by atoms with Crippen LogP contribution in [0.25, 0.3) is 10.9 Å². The molecule has 0 aliphatic carbocycles. The van der Waals surface area contributed by atoms with Gasteiger partial charge in [-0.15, -0.1) is 0 Å². The first-order valence-electron chi connectivity index (χ1n) is 9.81. The van der Waals surface area contributed by atoms with E-state index in [0.717, 1.165) is 23.3 Å². The molecule has 4 rings (SSSR count). The van der Waals surface area contributed by atoms with Crippen molar-refractivity contribution < 1.29 is 21.6 Å². The van der Waals surface area contributed by atoms with Gasteiger partial charge in [0.1, 0.15) is 4.90 Å². The van der Waals surface area contributed by atoms with E-state index in [-0.39, 0.29) is 32.9 Å². The summed E-state index contributed by atoms with van der Waals surface area (Å²) < 4.78 is 61.5. The van der Waals surface area contributed by atoms with Crippen molar-refractivity contribution in [1.82, 2.24) is 13.6 Å². The molecule has 0 atom stereocenters. The fourth-order valence-electron chi connectivity index (χ4n) is 3.60. The second kappa shape index (κ2) is 8.60. The molecule has 0 spiro atoms. The van der Waals surface area contributed by atoms with Gasteiger partial charge in [0.25, 0.3) is 10.0 Å². The molecule has 1 aliphatic rings. The third-order valence-corrected chi connectivity index (χ3v) is 8.37. The summed E-state index contributed by atoms with van der Waals surface area (Å²) >= 11 is 0. The predicted molar refractivity (Wildman–Crippen MR) is 118 cm³/mol. The number of rotatable bonds is 7. The van der Waals surface area contributed by atoms with E-state index in [0.29, 0.717) is 19.8 Å². The first-order valence-corrected chi connectivity index (χ1v) is 12.7. The molecule has 1 aromatic heterocycles. The molecule has 0 radical (unpaired) electrons. The minimum absolute atomic E-state index is 0.0542. The topological polar surface area (TPSA) is 124 Å².